The lowest BCUT2D eigenvalue weighted by Gasteiger charge is -2.14. The van der Waals surface area contributed by atoms with E-state index in [9.17, 15) is 10.1 Å². The van der Waals surface area contributed by atoms with Crippen molar-refractivity contribution >= 4 is 11.5 Å². The Morgan fingerprint density at radius 3 is 2.89 bits per heavy atom. The largest absolute Gasteiger partial charge is 0.396 e. The first-order chi connectivity index (χ1) is 9.10. The van der Waals surface area contributed by atoms with E-state index < -0.39 is 4.92 Å². The zero-order valence-corrected chi connectivity index (χ0v) is 10.3. The van der Waals surface area contributed by atoms with Gasteiger partial charge < -0.3 is 10.4 Å². The Kier molecular flexibility index (Phi) is 3.62. The first-order valence-electron chi connectivity index (χ1n) is 5.99. The van der Waals surface area contributed by atoms with Crippen molar-refractivity contribution in [3.05, 3.63) is 27.9 Å². The molecule has 1 aliphatic rings. The fourth-order valence-corrected chi connectivity index (χ4v) is 1.99. The number of aliphatic hydroxyl groups is 1. The highest BCUT2D eigenvalue weighted by molar-refractivity contribution is 5.58. The van der Waals surface area contributed by atoms with Crippen molar-refractivity contribution in [2.75, 3.05) is 18.5 Å². The monoisotopic (exact) mass is 262 g/mol. The average Bonchev–Trinajstić information content (AvgIpc) is 3.17. The van der Waals surface area contributed by atoms with Crippen LogP contribution >= 0.6 is 0 Å². The van der Waals surface area contributed by atoms with Gasteiger partial charge in [-0.2, -0.15) is 5.26 Å². The Labute approximate surface area is 110 Å². The van der Waals surface area contributed by atoms with Gasteiger partial charge in [-0.1, -0.05) is 0 Å². The van der Waals surface area contributed by atoms with E-state index in [0.717, 1.165) is 12.8 Å². The van der Waals surface area contributed by atoms with Gasteiger partial charge in [0.2, 0.25) is 5.82 Å². The second kappa shape index (κ2) is 5.20. The number of nitro groups is 1. The first kappa shape index (κ1) is 13.2. The van der Waals surface area contributed by atoms with Crippen LogP contribution in [0.5, 0.6) is 0 Å². The van der Waals surface area contributed by atoms with Crippen LogP contribution in [0.25, 0.3) is 0 Å². The second-order valence-electron chi connectivity index (χ2n) is 4.79. The van der Waals surface area contributed by atoms with Gasteiger partial charge in [0, 0.05) is 25.4 Å². The second-order valence-corrected chi connectivity index (χ2v) is 4.79. The van der Waals surface area contributed by atoms with Gasteiger partial charge >= 0.3 is 5.69 Å². The van der Waals surface area contributed by atoms with Crippen molar-refractivity contribution in [3.8, 4) is 6.07 Å². The average molecular weight is 262 g/mol. The lowest BCUT2D eigenvalue weighted by Crippen LogP contribution is -2.18. The number of anilines is 1. The highest BCUT2D eigenvalue weighted by atomic mass is 16.6. The van der Waals surface area contributed by atoms with E-state index >= 15 is 0 Å². The fourth-order valence-electron chi connectivity index (χ4n) is 1.99. The number of nitrogens with zero attached hydrogens (tertiary/aromatic N) is 3. The molecule has 0 unspecified atom stereocenters. The number of rotatable bonds is 6. The van der Waals surface area contributed by atoms with Gasteiger partial charge in [0.25, 0.3) is 0 Å². The molecule has 1 aromatic rings. The summed E-state index contributed by atoms with van der Waals surface area (Å²) in [4.78, 5) is 14.3. The van der Waals surface area contributed by atoms with Gasteiger partial charge in [0.15, 0.2) is 0 Å². The summed E-state index contributed by atoms with van der Waals surface area (Å²) >= 11 is 0. The minimum atomic E-state index is -0.554. The Bertz CT molecular complexity index is 534. The number of nitrogens with one attached hydrogen (secondary N) is 1. The fraction of sp³-hybridized carbons (Fsp3) is 0.500. The number of nitriles is 1. The molecule has 0 saturated heterocycles. The molecule has 1 fully saturated rings. The number of aliphatic hydroxyl groups excluding tert-OH is 1. The Morgan fingerprint density at radius 1 is 1.63 bits per heavy atom. The van der Waals surface area contributed by atoms with Gasteiger partial charge in [0.05, 0.1) is 10.5 Å². The van der Waals surface area contributed by atoms with E-state index in [4.69, 9.17) is 10.4 Å². The molecule has 0 atom stereocenters. The Balaban J connectivity index is 2.12. The van der Waals surface area contributed by atoms with Crippen LogP contribution in [0.1, 0.15) is 24.8 Å². The molecule has 0 aliphatic heterocycles. The van der Waals surface area contributed by atoms with Crippen molar-refractivity contribution in [1.29, 1.82) is 5.26 Å². The molecular weight excluding hydrogens is 248 g/mol. The van der Waals surface area contributed by atoms with Crippen LogP contribution in [0.4, 0.5) is 11.5 Å². The van der Waals surface area contributed by atoms with Gasteiger partial charge in [-0.3, -0.25) is 10.1 Å². The maximum Gasteiger partial charge on any atom is 0.312 e. The van der Waals surface area contributed by atoms with Crippen molar-refractivity contribution < 1.29 is 10.0 Å². The molecular formula is C12H14N4O3. The molecule has 7 heteroatoms. The standard InChI is InChI=1S/C12H14N4O3/c13-6-9-5-10(16(18)19)11(14-7-9)15-8-12(1-2-12)3-4-17/h5,7,17H,1-4,8H2,(H,14,15). The minimum Gasteiger partial charge on any atom is -0.396 e. The van der Waals surface area contributed by atoms with E-state index in [0.29, 0.717) is 13.0 Å². The minimum absolute atomic E-state index is 0.0399. The van der Waals surface area contributed by atoms with Crippen molar-refractivity contribution in [3.63, 3.8) is 0 Å². The van der Waals surface area contributed by atoms with Crippen molar-refractivity contribution in [2.45, 2.75) is 19.3 Å². The number of hydrogen-bond donors (Lipinski definition) is 2. The van der Waals surface area contributed by atoms with Crippen LogP contribution in [0.15, 0.2) is 12.3 Å². The molecule has 0 spiro atoms. The lowest BCUT2D eigenvalue weighted by atomic mass is 10.0. The van der Waals surface area contributed by atoms with Gasteiger partial charge in [-0.15, -0.1) is 0 Å². The summed E-state index contributed by atoms with van der Waals surface area (Å²) < 4.78 is 0. The molecule has 1 saturated carbocycles. The summed E-state index contributed by atoms with van der Waals surface area (Å²) in [6.07, 6.45) is 4.00. The molecule has 1 aliphatic carbocycles. The van der Waals surface area contributed by atoms with Crippen molar-refractivity contribution in [1.82, 2.24) is 4.98 Å². The van der Waals surface area contributed by atoms with Crippen LogP contribution in [-0.4, -0.2) is 28.2 Å². The zero-order chi connectivity index (χ0) is 13.9. The summed E-state index contributed by atoms with van der Waals surface area (Å²) in [5, 5.41) is 31.6. The summed E-state index contributed by atoms with van der Waals surface area (Å²) in [7, 11) is 0. The summed E-state index contributed by atoms with van der Waals surface area (Å²) in [6.45, 7) is 0.665. The number of aromatic nitrogens is 1. The van der Waals surface area contributed by atoms with Crippen molar-refractivity contribution in [2.24, 2.45) is 5.41 Å². The molecule has 0 radical (unpaired) electrons. The highest BCUT2D eigenvalue weighted by Crippen LogP contribution is 2.48. The normalized spacial score (nSPS) is 15.6. The van der Waals surface area contributed by atoms with Gasteiger partial charge in [-0.25, -0.2) is 4.98 Å². The van der Waals surface area contributed by atoms with E-state index in [1.807, 2.05) is 6.07 Å². The van der Waals surface area contributed by atoms with E-state index in [2.05, 4.69) is 10.3 Å². The lowest BCUT2D eigenvalue weighted by molar-refractivity contribution is -0.384. The predicted octanol–water partition coefficient (Wildman–Crippen LogP) is 1.44. The molecule has 0 bridgehead atoms. The number of hydrogen-bond acceptors (Lipinski definition) is 6. The Morgan fingerprint density at radius 2 is 2.37 bits per heavy atom. The maximum absolute atomic E-state index is 10.9. The molecule has 0 amide bonds. The highest BCUT2D eigenvalue weighted by Gasteiger charge is 2.41. The van der Waals surface area contributed by atoms with Crippen LogP contribution in [0.3, 0.4) is 0 Å². The third-order valence-electron chi connectivity index (χ3n) is 3.42. The van der Waals surface area contributed by atoms with Crippen LogP contribution in [0.2, 0.25) is 0 Å². The number of pyridine rings is 1. The summed E-state index contributed by atoms with van der Waals surface area (Å²) in [5.74, 6) is 0.174. The molecule has 19 heavy (non-hydrogen) atoms. The Hall–Kier alpha value is -2.20. The predicted molar refractivity (Wildman–Crippen MR) is 67.5 cm³/mol. The van der Waals surface area contributed by atoms with Crippen LogP contribution < -0.4 is 5.32 Å². The quantitative estimate of drug-likeness (QED) is 0.592. The van der Waals surface area contributed by atoms with E-state index in [-0.39, 0.29) is 29.1 Å². The summed E-state index contributed by atoms with van der Waals surface area (Å²) in [5.41, 5.74) is 0.00524. The van der Waals surface area contributed by atoms with E-state index in [1.165, 1.54) is 12.3 Å². The van der Waals surface area contributed by atoms with Crippen LogP contribution in [-0.2, 0) is 0 Å². The van der Waals surface area contributed by atoms with E-state index in [1.54, 1.807) is 0 Å². The summed E-state index contributed by atoms with van der Waals surface area (Å²) in [6, 6.07) is 3.04. The maximum atomic E-state index is 10.9. The smallest absolute Gasteiger partial charge is 0.312 e. The van der Waals surface area contributed by atoms with Gasteiger partial charge in [-0.05, 0) is 24.7 Å². The molecule has 7 nitrogen and oxygen atoms in total. The third-order valence-corrected chi connectivity index (χ3v) is 3.42. The molecule has 0 aromatic carbocycles. The zero-order valence-electron chi connectivity index (χ0n) is 10.3. The molecule has 2 N–H and O–H groups in total. The molecule has 100 valence electrons. The molecule has 2 rings (SSSR count). The van der Waals surface area contributed by atoms with Gasteiger partial charge in [0.1, 0.15) is 6.07 Å². The van der Waals surface area contributed by atoms with Crippen LogP contribution in [0, 0.1) is 26.9 Å². The first-order valence-corrected chi connectivity index (χ1v) is 5.99. The third kappa shape index (κ3) is 2.98. The topological polar surface area (TPSA) is 112 Å². The molecule has 1 heterocycles. The molecule has 1 aromatic heterocycles. The SMILES string of the molecule is N#Cc1cnc(NCC2(CCO)CC2)c([N+](=O)[O-])c1.